The zero-order valence-electron chi connectivity index (χ0n) is 12.1. The van der Waals surface area contributed by atoms with Crippen molar-refractivity contribution in [2.24, 2.45) is 0 Å². The molecule has 102 valence electrons. The van der Waals surface area contributed by atoms with E-state index in [-0.39, 0.29) is 6.29 Å². The van der Waals surface area contributed by atoms with Crippen molar-refractivity contribution in [2.75, 3.05) is 7.11 Å². The van der Waals surface area contributed by atoms with Crippen molar-refractivity contribution in [3.63, 3.8) is 0 Å². The zero-order valence-corrected chi connectivity index (χ0v) is 12.1. The van der Waals surface area contributed by atoms with Crippen LogP contribution in [0.1, 0.15) is 57.9 Å². The van der Waals surface area contributed by atoms with Crippen molar-refractivity contribution >= 4 is 0 Å². The Balaban J connectivity index is 2.56. The highest BCUT2D eigenvalue weighted by Crippen LogP contribution is 2.22. The molecule has 1 rings (SSSR count). The van der Waals surface area contributed by atoms with E-state index in [2.05, 4.69) is 32.9 Å². The van der Waals surface area contributed by atoms with Crippen molar-refractivity contribution in [1.29, 1.82) is 0 Å². The standard InChI is InChI=1S/C16H26O2/c1-5-7-8-16(17-4)18-15-11-9-14(10-12-15)13(3)6-2/h9-13,16H,5-8H2,1-4H3. The van der Waals surface area contributed by atoms with Gasteiger partial charge >= 0.3 is 0 Å². The van der Waals surface area contributed by atoms with E-state index < -0.39 is 0 Å². The molecular weight excluding hydrogens is 224 g/mol. The first-order valence-electron chi connectivity index (χ1n) is 7.00. The molecule has 0 heterocycles. The smallest absolute Gasteiger partial charge is 0.199 e. The largest absolute Gasteiger partial charge is 0.465 e. The molecule has 0 N–H and O–H groups in total. The van der Waals surface area contributed by atoms with Crippen LogP contribution in [-0.4, -0.2) is 13.4 Å². The lowest BCUT2D eigenvalue weighted by Gasteiger charge is -2.18. The fourth-order valence-corrected chi connectivity index (χ4v) is 1.86. The molecule has 1 aromatic rings. The van der Waals surface area contributed by atoms with Crippen molar-refractivity contribution < 1.29 is 9.47 Å². The highest BCUT2D eigenvalue weighted by atomic mass is 16.7. The first-order chi connectivity index (χ1) is 8.71. The van der Waals surface area contributed by atoms with Crippen LogP contribution in [0.4, 0.5) is 0 Å². The molecule has 1 aromatic carbocycles. The number of hydrogen-bond donors (Lipinski definition) is 0. The number of rotatable bonds is 8. The van der Waals surface area contributed by atoms with Crippen LogP contribution < -0.4 is 4.74 Å². The van der Waals surface area contributed by atoms with E-state index in [0.717, 1.165) is 31.4 Å². The summed E-state index contributed by atoms with van der Waals surface area (Å²) in [4.78, 5) is 0. The number of ether oxygens (including phenoxy) is 2. The molecule has 0 spiro atoms. The Morgan fingerprint density at radius 2 is 1.78 bits per heavy atom. The van der Waals surface area contributed by atoms with Gasteiger partial charge in [-0.05, 0) is 36.5 Å². The number of methoxy groups -OCH3 is 1. The van der Waals surface area contributed by atoms with Crippen LogP contribution in [0.2, 0.25) is 0 Å². The minimum Gasteiger partial charge on any atom is -0.465 e. The molecule has 0 aromatic heterocycles. The van der Waals surface area contributed by atoms with Crippen molar-refractivity contribution in [1.82, 2.24) is 0 Å². The normalized spacial score (nSPS) is 14.2. The van der Waals surface area contributed by atoms with Gasteiger partial charge in [0.15, 0.2) is 6.29 Å². The van der Waals surface area contributed by atoms with Crippen molar-refractivity contribution in [3.05, 3.63) is 29.8 Å². The Bertz CT molecular complexity index is 318. The maximum atomic E-state index is 5.81. The molecule has 0 fully saturated rings. The molecule has 0 amide bonds. The molecule has 0 aliphatic heterocycles. The van der Waals surface area contributed by atoms with Gasteiger partial charge in [0.05, 0.1) is 0 Å². The highest BCUT2D eigenvalue weighted by Gasteiger charge is 2.09. The lowest BCUT2D eigenvalue weighted by atomic mass is 9.99. The molecule has 0 radical (unpaired) electrons. The summed E-state index contributed by atoms with van der Waals surface area (Å²) < 4.78 is 11.1. The molecule has 0 aliphatic rings. The second-order valence-corrected chi connectivity index (χ2v) is 4.80. The lowest BCUT2D eigenvalue weighted by molar-refractivity contribution is -0.0592. The first-order valence-corrected chi connectivity index (χ1v) is 7.00. The Kier molecular flexibility index (Phi) is 6.81. The third-order valence-electron chi connectivity index (χ3n) is 3.39. The van der Waals surface area contributed by atoms with Gasteiger partial charge in [-0.1, -0.05) is 39.3 Å². The number of benzene rings is 1. The summed E-state index contributed by atoms with van der Waals surface area (Å²) in [6.07, 6.45) is 4.27. The second kappa shape index (κ2) is 8.15. The van der Waals surface area contributed by atoms with E-state index in [9.17, 15) is 0 Å². The van der Waals surface area contributed by atoms with Gasteiger partial charge in [0.1, 0.15) is 5.75 Å². The van der Waals surface area contributed by atoms with E-state index in [4.69, 9.17) is 9.47 Å². The van der Waals surface area contributed by atoms with Crippen LogP contribution in [0.15, 0.2) is 24.3 Å². The molecular formula is C16H26O2. The highest BCUT2D eigenvalue weighted by molar-refractivity contribution is 5.29. The van der Waals surface area contributed by atoms with Crippen molar-refractivity contribution in [2.45, 2.75) is 58.7 Å². The van der Waals surface area contributed by atoms with Crippen LogP contribution in [0, 0.1) is 0 Å². The Morgan fingerprint density at radius 3 is 2.28 bits per heavy atom. The first kappa shape index (κ1) is 15.0. The van der Waals surface area contributed by atoms with E-state index in [1.54, 1.807) is 7.11 Å². The summed E-state index contributed by atoms with van der Waals surface area (Å²) in [5, 5.41) is 0. The predicted octanol–water partition coefficient (Wildman–Crippen LogP) is 4.74. The molecule has 2 heteroatoms. The van der Waals surface area contributed by atoms with Gasteiger partial charge in [-0.3, -0.25) is 0 Å². The van der Waals surface area contributed by atoms with Crippen molar-refractivity contribution in [3.8, 4) is 5.75 Å². The molecule has 2 atom stereocenters. The summed E-state index contributed by atoms with van der Waals surface area (Å²) >= 11 is 0. The number of unbranched alkanes of at least 4 members (excludes halogenated alkanes) is 1. The van der Waals surface area contributed by atoms with Gasteiger partial charge in [0.2, 0.25) is 0 Å². The Labute approximate surface area is 111 Å². The third kappa shape index (κ3) is 4.69. The molecule has 2 unspecified atom stereocenters. The molecule has 18 heavy (non-hydrogen) atoms. The quantitative estimate of drug-likeness (QED) is 0.620. The fourth-order valence-electron chi connectivity index (χ4n) is 1.86. The molecule has 0 aliphatic carbocycles. The maximum Gasteiger partial charge on any atom is 0.199 e. The summed E-state index contributed by atoms with van der Waals surface area (Å²) in [6.45, 7) is 6.63. The van der Waals surface area contributed by atoms with Crippen LogP contribution in [0.25, 0.3) is 0 Å². The van der Waals surface area contributed by atoms with Gasteiger partial charge < -0.3 is 9.47 Å². The van der Waals surface area contributed by atoms with Gasteiger partial charge in [0, 0.05) is 13.5 Å². The van der Waals surface area contributed by atoms with Gasteiger partial charge in [-0.2, -0.15) is 0 Å². The van der Waals surface area contributed by atoms with Crippen LogP contribution in [0.5, 0.6) is 5.75 Å². The van der Waals surface area contributed by atoms with E-state index in [0.29, 0.717) is 5.92 Å². The number of hydrogen-bond acceptors (Lipinski definition) is 2. The summed E-state index contributed by atoms with van der Waals surface area (Å²) in [6, 6.07) is 8.38. The molecule has 0 bridgehead atoms. The average Bonchev–Trinajstić information content (AvgIpc) is 2.43. The van der Waals surface area contributed by atoms with Gasteiger partial charge in [0.25, 0.3) is 0 Å². The minimum atomic E-state index is -0.126. The molecule has 2 nitrogen and oxygen atoms in total. The summed E-state index contributed by atoms with van der Waals surface area (Å²) in [5.74, 6) is 1.50. The molecule has 0 saturated carbocycles. The fraction of sp³-hybridized carbons (Fsp3) is 0.625. The van der Waals surface area contributed by atoms with Crippen LogP contribution in [0.3, 0.4) is 0 Å². The Morgan fingerprint density at radius 1 is 1.11 bits per heavy atom. The van der Waals surface area contributed by atoms with E-state index in [1.165, 1.54) is 5.56 Å². The summed E-state index contributed by atoms with van der Waals surface area (Å²) in [7, 11) is 1.70. The maximum absolute atomic E-state index is 5.81. The molecule has 0 saturated heterocycles. The summed E-state index contributed by atoms with van der Waals surface area (Å²) in [5.41, 5.74) is 1.37. The predicted molar refractivity (Wildman–Crippen MR) is 76.1 cm³/mol. The Hall–Kier alpha value is -1.02. The monoisotopic (exact) mass is 250 g/mol. The zero-order chi connectivity index (χ0) is 13.4. The SMILES string of the molecule is CCCCC(OC)Oc1ccc(C(C)CC)cc1. The third-order valence-corrected chi connectivity index (χ3v) is 3.39. The van der Waals surface area contributed by atoms with Crippen LogP contribution >= 0.6 is 0 Å². The minimum absolute atomic E-state index is 0.126. The van der Waals surface area contributed by atoms with E-state index >= 15 is 0 Å². The topological polar surface area (TPSA) is 18.5 Å². The van der Waals surface area contributed by atoms with Crippen LogP contribution in [-0.2, 0) is 4.74 Å². The average molecular weight is 250 g/mol. The lowest BCUT2D eigenvalue weighted by Crippen LogP contribution is -2.18. The van der Waals surface area contributed by atoms with Gasteiger partial charge in [-0.15, -0.1) is 0 Å². The van der Waals surface area contributed by atoms with Gasteiger partial charge in [-0.25, -0.2) is 0 Å². The second-order valence-electron chi connectivity index (χ2n) is 4.80. The van der Waals surface area contributed by atoms with E-state index in [1.807, 2.05) is 12.1 Å².